The molecule has 0 atom stereocenters. The lowest BCUT2D eigenvalue weighted by Gasteiger charge is -2.39. The van der Waals surface area contributed by atoms with Gasteiger partial charge in [-0.2, -0.15) is 13.2 Å². The summed E-state index contributed by atoms with van der Waals surface area (Å²) in [5.41, 5.74) is -0.0616. The maximum atomic E-state index is 13.1. The van der Waals surface area contributed by atoms with Crippen LogP contribution >= 0.6 is 15.9 Å². The van der Waals surface area contributed by atoms with Crippen LogP contribution in [-0.4, -0.2) is 25.3 Å². The molecule has 0 aromatic heterocycles. The highest BCUT2D eigenvalue weighted by atomic mass is 79.9. The minimum absolute atomic E-state index is 0.191. The van der Waals surface area contributed by atoms with Gasteiger partial charge in [-0.1, -0.05) is 22.0 Å². The van der Waals surface area contributed by atoms with Gasteiger partial charge in [0.2, 0.25) is 0 Å². The molecule has 0 N–H and O–H groups in total. The first kappa shape index (κ1) is 15.6. The summed E-state index contributed by atoms with van der Waals surface area (Å²) in [6.45, 7) is 5.59. The summed E-state index contributed by atoms with van der Waals surface area (Å²) < 4.78 is 44.8. The van der Waals surface area contributed by atoms with Crippen LogP contribution in [0.2, 0.25) is 0 Å². The first-order valence-electron chi connectivity index (χ1n) is 6.38. The van der Waals surface area contributed by atoms with E-state index in [1.54, 1.807) is 6.07 Å². The molecule has 1 aliphatic rings. The van der Waals surface area contributed by atoms with E-state index in [4.69, 9.17) is 4.74 Å². The quantitative estimate of drug-likeness (QED) is 0.740. The van der Waals surface area contributed by atoms with Gasteiger partial charge in [-0.3, -0.25) is 0 Å². The van der Waals surface area contributed by atoms with Crippen molar-refractivity contribution in [1.29, 1.82) is 0 Å². The fraction of sp³-hybridized carbons (Fsp3) is 0.571. The van der Waals surface area contributed by atoms with Gasteiger partial charge in [-0.05, 0) is 31.5 Å². The molecule has 0 amide bonds. The predicted molar refractivity (Wildman–Crippen MR) is 76.3 cm³/mol. The number of hydrogen-bond acceptors (Lipinski definition) is 2. The molecular formula is C14H17BrF3NO. The van der Waals surface area contributed by atoms with E-state index in [9.17, 15) is 13.2 Å². The Hall–Kier alpha value is -0.750. The van der Waals surface area contributed by atoms with E-state index in [2.05, 4.69) is 15.9 Å². The third kappa shape index (κ3) is 3.47. The van der Waals surface area contributed by atoms with Gasteiger partial charge in [0.25, 0.3) is 0 Å². The Morgan fingerprint density at radius 2 is 2.05 bits per heavy atom. The minimum Gasteiger partial charge on any atom is -0.372 e. The molecule has 1 aromatic carbocycles. The van der Waals surface area contributed by atoms with Gasteiger partial charge >= 0.3 is 6.18 Å². The van der Waals surface area contributed by atoms with Gasteiger partial charge < -0.3 is 9.64 Å². The van der Waals surface area contributed by atoms with Crippen LogP contribution in [0.15, 0.2) is 18.2 Å². The largest absolute Gasteiger partial charge is 0.416 e. The number of rotatable bonds is 2. The molecule has 20 heavy (non-hydrogen) atoms. The summed E-state index contributed by atoms with van der Waals surface area (Å²) in [5, 5.41) is 0.191. The van der Waals surface area contributed by atoms with Crippen LogP contribution in [0, 0.1) is 0 Å². The van der Waals surface area contributed by atoms with E-state index in [1.165, 1.54) is 12.1 Å². The summed E-state index contributed by atoms with van der Waals surface area (Å²) in [4.78, 5) is 1.94. The average molecular weight is 352 g/mol. The van der Waals surface area contributed by atoms with Crippen LogP contribution in [0.1, 0.15) is 25.0 Å². The van der Waals surface area contributed by atoms with Crippen molar-refractivity contribution in [1.82, 2.24) is 0 Å². The number of halogens is 4. The Bertz CT molecular complexity index is 488. The fourth-order valence-corrected chi connectivity index (χ4v) is 2.87. The van der Waals surface area contributed by atoms with Gasteiger partial charge in [0.1, 0.15) is 0 Å². The topological polar surface area (TPSA) is 12.5 Å². The van der Waals surface area contributed by atoms with E-state index < -0.39 is 11.7 Å². The van der Waals surface area contributed by atoms with Crippen molar-refractivity contribution in [2.24, 2.45) is 0 Å². The normalized spacial score (nSPS) is 19.2. The summed E-state index contributed by atoms with van der Waals surface area (Å²) in [7, 11) is 0. The first-order valence-corrected chi connectivity index (χ1v) is 7.50. The van der Waals surface area contributed by atoms with Crippen LogP contribution in [0.25, 0.3) is 0 Å². The zero-order chi connectivity index (χ0) is 15.0. The zero-order valence-corrected chi connectivity index (χ0v) is 13.0. The summed E-state index contributed by atoms with van der Waals surface area (Å²) >= 11 is 3.11. The molecule has 2 rings (SSSR count). The highest BCUT2D eigenvalue weighted by molar-refractivity contribution is 9.08. The molecule has 0 bridgehead atoms. The summed E-state index contributed by atoms with van der Waals surface area (Å²) in [5.74, 6) is 0. The minimum atomic E-state index is -4.33. The van der Waals surface area contributed by atoms with Crippen LogP contribution in [-0.2, 0) is 16.2 Å². The molecule has 2 nitrogen and oxygen atoms in total. The van der Waals surface area contributed by atoms with Crippen molar-refractivity contribution in [3.63, 3.8) is 0 Å². The molecule has 0 saturated carbocycles. The zero-order valence-electron chi connectivity index (χ0n) is 11.4. The Balaban J connectivity index is 2.34. The second-order valence-corrected chi connectivity index (χ2v) is 6.06. The standard InChI is InChI=1S/C14H17BrF3NO/c1-13(2)9-19(5-6-20-13)11-4-3-10(8-15)12(7-11)14(16,17)18/h3-4,7H,5-6,8-9H2,1-2H3. The molecule has 1 heterocycles. The predicted octanol–water partition coefficient (Wildman–Crippen LogP) is 4.22. The average Bonchev–Trinajstić information content (AvgIpc) is 2.35. The van der Waals surface area contributed by atoms with Crippen molar-refractivity contribution in [3.8, 4) is 0 Å². The highest BCUT2D eigenvalue weighted by Gasteiger charge is 2.34. The Morgan fingerprint density at radius 3 is 2.60 bits per heavy atom. The maximum absolute atomic E-state index is 13.1. The smallest absolute Gasteiger partial charge is 0.372 e. The van der Waals surface area contributed by atoms with Crippen LogP contribution in [0.3, 0.4) is 0 Å². The SMILES string of the molecule is CC1(C)CN(c2ccc(CBr)c(C(F)(F)F)c2)CCO1. The molecule has 1 aliphatic heterocycles. The molecule has 0 radical (unpaired) electrons. The molecule has 112 valence electrons. The monoisotopic (exact) mass is 351 g/mol. The fourth-order valence-electron chi connectivity index (χ4n) is 2.38. The van der Waals surface area contributed by atoms with Crippen LogP contribution in [0.5, 0.6) is 0 Å². The van der Waals surface area contributed by atoms with E-state index in [0.29, 0.717) is 25.4 Å². The van der Waals surface area contributed by atoms with Gasteiger partial charge in [0.05, 0.1) is 17.8 Å². The van der Waals surface area contributed by atoms with Gasteiger partial charge in [0, 0.05) is 24.1 Å². The number of hydrogen-bond donors (Lipinski definition) is 0. The van der Waals surface area contributed by atoms with Gasteiger partial charge in [0.15, 0.2) is 0 Å². The molecule has 6 heteroatoms. The second-order valence-electron chi connectivity index (χ2n) is 5.50. The van der Waals surface area contributed by atoms with Crippen LogP contribution in [0.4, 0.5) is 18.9 Å². The molecule has 0 spiro atoms. The van der Waals surface area contributed by atoms with E-state index in [1.807, 2.05) is 18.7 Å². The van der Waals surface area contributed by atoms with E-state index in [0.717, 1.165) is 0 Å². The van der Waals surface area contributed by atoms with Crippen molar-refractivity contribution in [2.45, 2.75) is 31.0 Å². The van der Waals surface area contributed by atoms with E-state index in [-0.39, 0.29) is 16.5 Å². The summed E-state index contributed by atoms with van der Waals surface area (Å²) in [6.07, 6.45) is -4.33. The van der Waals surface area contributed by atoms with Gasteiger partial charge in [-0.15, -0.1) is 0 Å². The van der Waals surface area contributed by atoms with Crippen molar-refractivity contribution in [3.05, 3.63) is 29.3 Å². The number of alkyl halides is 4. The number of benzene rings is 1. The molecule has 1 saturated heterocycles. The van der Waals surface area contributed by atoms with Gasteiger partial charge in [-0.25, -0.2) is 0 Å². The third-order valence-electron chi connectivity index (χ3n) is 3.33. The van der Waals surface area contributed by atoms with Crippen molar-refractivity contribution in [2.75, 3.05) is 24.6 Å². The molecule has 1 aromatic rings. The van der Waals surface area contributed by atoms with Crippen molar-refractivity contribution >= 4 is 21.6 Å². The van der Waals surface area contributed by atoms with E-state index >= 15 is 0 Å². The summed E-state index contributed by atoms with van der Waals surface area (Å²) in [6, 6.07) is 4.51. The molecule has 0 unspecified atom stereocenters. The number of morpholine rings is 1. The molecular weight excluding hydrogens is 335 g/mol. The number of ether oxygens (including phenoxy) is 1. The maximum Gasteiger partial charge on any atom is 0.416 e. The lowest BCUT2D eigenvalue weighted by Crippen LogP contribution is -2.48. The lowest BCUT2D eigenvalue weighted by atomic mass is 10.0. The Morgan fingerprint density at radius 1 is 1.35 bits per heavy atom. The second kappa shape index (κ2) is 5.56. The third-order valence-corrected chi connectivity index (χ3v) is 3.94. The first-order chi connectivity index (χ1) is 9.23. The Labute approximate surface area is 125 Å². The van der Waals surface area contributed by atoms with Crippen LogP contribution < -0.4 is 4.90 Å². The van der Waals surface area contributed by atoms with Crippen molar-refractivity contribution < 1.29 is 17.9 Å². The molecule has 1 fully saturated rings. The Kier molecular flexibility index (Phi) is 4.35. The highest BCUT2D eigenvalue weighted by Crippen LogP contribution is 2.36. The number of anilines is 1. The molecule has 0 aliphatic carbocycles. The number of nitrogens with zero attached hydrogens (tertiary/aromatic N) is 1. The lowest BCUT2D eigenvalue weighted by molar-refractivity contribution is -0.138.